The van der Waals surface area contributed by atoms with Crippen LogP contribution in [0.2, 0.25) is 0 Å². The second kappa shape index (κ2) is 9.20. The lowest BCUT2D eigenvalue weighted by molar-refractivity contribution is 0.0696. The summed E-state index contributed by atoms with van der Waals surface area (Å²) in [6.45, 7) is 1.56. The number of sulfone groups is 1. The topological polar surface area (TPSA) is 103 Å². The molecule has 1 N–H and O–H groups in total. The summed E-state index contributed by atoms with van der Waals surface area (Å²) in [4.78, 5) is 16.8. The fraction of sp³-hybridized carbons (Fsp3) is 0.429. The van der Waals surface area contributed by atoms with E-state index in [9.17, 15) is 18.3 Å². The van der Waals surface area contributed by atoms with Crippen molar-refractivity contribution in [2.24, 2.45) is 11.8 Å². The number of imidazole rings is 1. The molecule has 2 aromatic heterocycles. The Labute approximate surface area is 215 Å². The molecule has 4 aromatic rings. The number of fused-ring (bicyclic) bond motifs is 2. The Morgan fingerprint density at radius 2 is 1.81 bits per heavy atom. The van der Waals surface area contributed by atoms with Gasteiger partial charge in [0.25, 0.3) is 0 Å². The molecule has 1 aliphatic heterocycles. The van der Waals surface area contributed by atoms with E-state index in [0.29, 0.717) is 42.5 Å². The van der Waals surface area contributed by atoms with Crippen LogP contribution in [0.4, 0.5) is 0 Å². The minimum Gasteiger partial charge on any atom is -0.494 e. The summed E-state index contributed by atoms with van der Waals surface area (Å²) < 4.78 is 34.1. The first-order valence-corrected chi connectivity index (χ1v) is 14.8. The lowest BCUT2D eigenvalue weighted by atomic mass is 9.99. The number of aryl methyl sites for hydroxylation is 1. The number of benzene rings is 2. The molecule has 0 bridgehead atoms. The molecular weight excluding hydrogens is 490 g/mol. The summed E-state index contributed by atoms with van der Waals surface area (Å²) in [6.07, 6.45) is 4.62. The van der Waals surface area contributed by atoms with Crippen LogP contribution in [0.15, 0.2) is 42.5 Å². The Morgan fingerprint density at radius 3 is 2.51 bits per heavy atom. The number of ether oxygens (including phenoxy) is 1. The molecule has 9 heteroatoms. The number of carboxylic acids is 1. The molecule has 0 amide bonds. The zero-order chi connectivity index (χ0) is 25.7. The maximum absolute atomic E-state index is 11.9. The van der Waals surface area contributed by atoms with Crippen LogP contribution in [-0.4, -0.2) is 52.2 Å². The summed E-state index contributed by atoms with van der Waals surface area (Å²) in [5.41, 5.74) is 3.67. The van der Waals surface area contributed by atoms with E-state index in [-0.39, 0.29) is 17.1 Å². The molecule has 1 saturated carbocycles. The van der Waals surface area contributed by atoms with Crippen LogP contribution in [-0.2, 0) is 22.9 Å². The van der Waals surface area contributed by atoms with E-state index in [1.165, 1.54) is 18.4 Å². The standard InChI is InChI=1S/C28H31N3O5S/c1-36-25-16-21(28(32)33)14-22-26(25)30(11-8-18-9-12-37(34,35)13-10-18)27(29-22)24-15-20-4-2-3-5-23(20)31(24)17-19-6-7-19/h2-5,14-16,18-19H,6-13,17H2,1H3,(H,32,33). The number of hydrogen-bond donors (Lipinski definition) is 1. The van der Waals surface area contributed by atoms with Crippen LogP contribution in [0.1, 0.15) is 42.5 Å². The van der Waals surface area contributed by atoms with E-state index in [1.807, 2.05) is 6.07 Å². The van der Waals surface area contributed by atoms with Gasteiger partial charge in [-0.1, -0.05) is 18.2 Å². The van der Waals surface area contributed by atoms with Crippen LogP contribution in [0.3, 0.4) is 0 Å². The zero-order valence-corrected chi connectivity index (χ0v) is 21.7. The Hall–Kier alpha value is -3.33. The fourth-order valence-corrected chi connectivity index (χ4v) is 7.20. The van der Waals surface area contributed by atoms with Crippen molar-refractivity contribution in [1.82, 2.24) is 14.1 Å². The van der Waals surface area contributed by atoms with E-state index in [2.05, 4.69) is 33.4 Å². The van der Waals surface area contributed by atoms with Crippen molar-refractivity contribution in [3.8, 4) is 17.3 Å². The number of nitrogens with zero attached hydrogens (tertiary/aromatic N) is 3. The lowest BCUT2D eigenvalue weighted by Crippen LogP contribution is -2.24. The van der Waals surface area contributed by atoms with Crippen LogP contribution in [0, 0.1) is 11.8 Å². The first kappa shape index (κ1) is 24.0. The van der Waals surface area contributed by atoms with E-state index >= 15 is 0 Å². The van der Waals surface area contributed by atoms with E-state index in [0.717, 1.165) is 35.4 Å². The largest absolute Gasteiger partial charge is 0.494 e. The molecule has 2 aromatic carbocycles. The van der Waals surface area contributed by atoms with Crippen molar-refractivity contribution in [3.63, 3.8) is 0 Å². The maximum Gasteiger partial charge on any atom is 0.335 e. The van der Waals surface area contributed by atoms with Crippen molar-refractivity contribution >= 4 is 37.7 Å². The third-order valence-electron chi connectivity index (χ3n) is 7.89. The molecular formula is C28H31N3O5S. The van der Waals surface area contributed by atoms with Crippen LogP contribution < -0.4 is 4.74 Å². The van der Waals surface area contributed by atoms with Gasteiger partial charge in [-0.25, -0.2) is 18.2 Å². The van der Waals surface area contributed by atoms with Gasteiger partial charge in [-0.3, -0.25) is 0 Å². The van der Waals surface area contributed by atoms with E-state index < -0.39 is 15.8 Å². The number of rotatable bonds is 8. The molecule has 194 valence electrons. The number of carbonyl (C=O) groups is 1. The smallest absolute Gasteiger partial charge is 0.335 e. The molecule has 2 aliphatic rings. The average Bonchev–Trinajstić information content (AvgIpc) is 3.53. The van der Waals surface area contributed by atoms with Crippen molar-refractivity contribution in [1.29, 1.82) is 0 Å². The number of methoxy groups -OCH3 is 1. The first-order valence-electron chi connectivity index (χ1n) is 12.9. The Bertz CT molecular complexity index is 1600. The monoisotopic (exact) mass is 521 g/mol. The molecule has 0 unspecified atom stereocenters. The quantitative estimate of drug-likeness (QED) is 0.350. The van der Waals surface area contributed by atoms with Crippen molar-refractivity contribution in [3.05, 3.63) is 48.0 Å². The summed E-state index contributed by atoms with van der Waals surface area (Å²) in [7, 11) is -1.37. The highest BCUT2D eigenvalue weighted by Crippen LogP contribution is 2.38. The van der Waals surface area contributed by atoms with Crippen LogP contribution >= 0.6 is 0 Å². The van der Waals surface area contributed by atoms with Gasteiger partial charge in [0, 0.05) is 24.0 Å². The van der Waals surface area contributed by atoms with Gasteiger partial charge in [-0.2, -0.15) is 0 Å². The summed E-state index contributed by atoms with van der Waals surface area (Å²) in [6, 6.07) is 13.7. The molecule has 0 spiro atoms. The summed E-state index contributed by atoms with van der Waals surface area (Å²) in [5.74, 6) is 1.70. The van der Waals surface area contributed by atoms with Gasteiger partial charge in [0.2, 0.25) is 0 Å². The second-order valence-corrected chi connectivity index (χ2v) is 12.8. The van der Waals surface area contributed by atoms with Gasteiger partial charge < -0.3 is 19.0 Å². The van der Waals surface area contributed by atoms with Crippen LogP contribution in [0.5, 0.6) is 5.75 Å². The SMILES string of the molecule is COc1cc(C(=O)O)cc2nc(-c3cc4ccccc4n3CC3CC3)n(CCC3CCS(=O)(=O)CC3)c12. The molecule has 8 nitrogen and oxygen atoms in total. The number of hydrogen-bond acceptors (Lipinski definition) is 5. The van der Waals surface area contributed by atoms with Gasteiger partial charge >= 0.3 is 5.97 Å². The molecule has 2 fully saturated rings. The normalized spacial score (nSPS) is 18.0. The van der Waals surface area contributed by atoms with Crippen molar-refractivity contribution in [2.75, 3.05) is 18.6 Å². The molecule has 6 rings (SSSR count). The van der Waals surface area contributed by atoms with Gasteiger partial charge in [-0.15, -0.1) is 0 Å². The predicted molar refractivity (Wildman–Crippen MR) is 143 cm³/mol. The molecule has 37 heavy (non-hydrogen) atoms. The maximum atomic E-state index is 11.9. The Kier molecular flexibility index (Phi) is 5.98. The second-order valence-electron chi connectivity index (χ2n) is 10.5. The van der Waals surface area contributed by atoms with Crippen LogP contribution in [0.25, 0.3) is 33.5 Å². The van der Waals surface area contributed by atoms with E-state index in [4.69, 9.17) is 9.72 Å². The minimum absolute atomic E-state index is 0.136. The third kappa shape index (κ3) is 4.61. The first-order chi connectivity index (χ1) is 17.8. The molecule has 1 saturated heterocycles. The summed E-state index contributed by atoms with van der Waals surface area (Å²) in [5, 5.41) is 10.8. The average molecular weight is 522 g/mol. The Balaban J connectivity index is 1.49. The molecule has 0 radical (unpaired) electrons. The van der Waals surface area contributed by atoms with Gasteiger partial charge in [0.15, 0.2) is 5.82 Å². The Morgan fingerprint density at radius 1 is 1.05 bits per heavy atom. The number of carboxylic acid groups (broad SMARTS) is 1. The fourth-order valence-electron chi connectivity index (χ4n) is 5.61. The highest BCUT2D eigenvalue weighted by molar-refractivity contribution is 7.91. The van der Waals surface area contributed by atoms with Gasteiger partial charge in [-0.05, 0) is 68.2 Å². The summed E-state index contributed by atoms with van der Waals surface area (Å²) >= 11 is 0. The van der Waals surface area contributed by atoms with Crippen molar-refractivity contribution < 1.29 is 23.1 Å². The van der Waals surface area contributed by atoms with Gasteiger partial charge in [0.05, 0.1) is 35.4 Å². The lowest BCUT2D eigenvalue weighted by Gasteiger charge is -2.23. The molecule has 3 heterocycles. The third-order valence-corrected chi connectivity index (χ3v) is 9.60. The highest BCUT2D eigenvalue weighted by atomic mass is 32.2. The number of aromatic nitrogens is 3. The number of para-hydroxylation sites is 1. The molecule has 1 aliphatic carbocycles. The predicted octanol–water partition coefficient (Wildman–Crippen LogP) is 4.99. The minimum atomic E-state index is -2.92. The van der Waals surface area contributed by atoms with E-state index in [1.54, 1.807) is 19.2 Å². The van der Waals surface area contributed by atoms with Crippen molar-refractivity contribution in [2.45, 2.75) is 45.2 Å². The zero-order valence-electron chi connectivity index (χ0n) is 20.9. The molecule has 0 atom stereocenters. The number of aromatic carboxylic acids is 1. The highest BCUT2D eigenvalue weighted by Gasteiger charge is 2.28. The van der Waals surface area contributed by atoms with Gasteiger partial charge in [0.1, 0.15) is 21.1 Å².